The van der Waals surface area contributed by atoms with Crippen LogP contribution in [0.2, 0.25) is 0 Å². The summed E-state index contributed by atoms with van der Waals surface area (Å²) >= 11 is 3.96. The lowest BCUT2D eigenvalue weighted by atomic mass is 10.1. The van der Waals surface area contributed by atoms with Gasteiger partial charge in [-0.25, -0.2) is 0 Å². The average Bonchev–Trinajstić information content (AvgIpc) is 2.26. The summed E-state index contributed by atoms with van der Waals surface area (Å²) in [5.74, 6) is 0.399. The number of hydrogen-bond donors (Lipinski definition) is 1. The van der Waals surface area contributed by atoms with Gasteiger partial charge in [-0.15, -0.1) is 0 Å². The summed E-state index contributed by atoms with van der Waals surface area (Å²) < 4.78 is 5.02. The van der Waals surface area contributed by atoms with Gasteiger partial charge >= 0.3 is 5.97 Å². The molecule has 0 radical (unpaired) electrons. The van der Waals surface area contributed by atoms with Crippen molar-refractivity contribution in [1.82, 2.24) is 0 Å². The van der Waals surface area contributed by atoms with Crippen LogP contribution in [0.15, 0.2) is 30.3 Å². The van der Waals surface area contributed by atoms with Gasteiger partial charge in [0.25, 0.3) is 0 Å². The van der Waals surface area contributed by atoms with Crippen molar-refractivity contribution in [1.29, 1.82) is 0 Å². The maximum Gasteiger partial charge on any atom is 0.306 e. The first kappa shape index (κ1) is 12.1. The Balaban J connectivity index is 2.10. The second-order valence-electron chi connectivity index (χ2n) is 3.28. The van der Waals surface area contributed by atoms with Crippen LogP contribution >= 0.6 is 12.6 Å². The van der Waals surface area contributed by atoms with Gasteiger partial charge in [-0.05, 0) is 18.4 Å². The number of rotatable bonds is 6. The van der Waals surface area contributed by atoms with Gasteiger partial charge in [-0.3, -0.25) is 4.79 Å². The molecule has 0 unspecified atom stereocenters. The standard InChI is InChI=1S/C12H16O2S/c13-12(8-10-15)14-9-4-7-11-5-2-1-3-6-11/h1-3,5-6,15H,4,7-10H2. The zero-order chi connectivity index (χ0) is 10.9. The topological polar surface area (TPSA) is 26.3 Å². The van der Waals surface area contributed by atoms with Crippen LogP contribution in [-0.2, 0) is 16.0 Å². The number of hydrogen-bond acceptors (Lipinski definition) is 3. The van der Waals surface area contributed by atoms with Crippen molar-refractivity contribution < 1.29 is 9.53 Å². The highest BCUT2D eigenvalue weighted by Crippen LogP contribution is 2.02. The normalized spacial score (nSPS) is 9.93. The van der Waals surface area contributed by atoms with E-state index in [9.17, 15) is 4.79 Å². The van der Waals surface area contributed by atoms with Gasteiger partial charge in [0.2, 0.25) is 0 Å². The maximum atomic E-state index is 11.0. The molecule has 0 atom stereocenters. The summed E-state index contributed by atoms with van der Waals surface area (Å²) in [7, 11) is 0. The number of esters is 1. The Morgan fingerprint density at radius 2 is 2.00 bits per heavy atom. The zero-order valence-corrected chi connectivity index (χ0v) is 9.58. The molecule has 82 valence electrons. The van der Waals surface area contributed by atoms with E-state index >= 15 is 0 Å². The Bertz CT molecular complexity index is 285. The molecule has 0 aliphatic rings. The summed E-state index contributed by atoms with van der Waals surface area (Å²) in [6, 6.07) is 10.2. The predicted molar refractivity (Wildman–Crippen MR) is 64.2 cm³/mol. The van der Waals surface area contributed by atoms with Crippen LogP contribution in [0.25, 0.3) is 0 Å². The van der Waals surface area contributed by atoms with Crippen molar-refractivity contribution in [3.63, 3.8) is 0 Å². The van der Waals surface area contributed by atoms with Crippen molar-refractivity contribution in [3.05, 3.63) is 35.9 Å². The van der Waals surface area contributed by atoms with E-state index in [1.54, 1.807) is 0 Å². The molecule has 0 fully saturated rings. The molecule has 0 aromatic heterocycles. The number of benzene rings is 1. The Morgan fingerprint density at radius 3 is 2.67 bits per heavy atom. The first-order valence-corrected chi connectivity index (χ1v) is 5.76. The molecule has 0 bridgehead atoms. The summed E-state index contributed by atoms with van der Waals surface area (Å²) in [5, 5.41) is 0. The van der Waals surface area contributed by atoms with E-state index in [1.165, 1.54) is 5.56 Å². The molecule has 0 heterocycles. The van der Waals surface area contributed by atoms with Gasteiger partial charge in [0.15, 0.2) is 0 Å². The van der Waals surface area contributed by atoms with Crippen LogP contribution in [0, 0.1) is 0 Å². The van der Waals surface area contributed by atoms with Gasteiger partial charge in [-0.1, -0.05) is 30.3 Å². The van der Waals surface area contributed by atoms with Crippen LogP contribution in [0.1, 0.15) is 18.4 Å². The molecule has 3 heteroatoms. The minimum atomic E-state index is -0.155. The summed E-state index contributed by atoms with van der Waals surface area (Å²) in [6.07, 6.45) is 2.23. The lowest BCUT2D eigenvalue weighted by molar-refractivity contribution is -0.143. The van der Waals surface area contributed by atoms with Crippen molar-refractivity contribution >= 4 is 18.6 Å². The molecule has 0 amide bonds. The minimum absolute atomic E-state index is 0.155. The second kappa shape index (κ2) is 7.35. The molecular weight excluding hydrogens is 208 g/mol. The van der Waals surface area contributed by atoms with Crippen molar-refractivity contribution in [3.8, 4) is 0 Å². The minimum Gasteiger partial charge on any atom is -0.466 e. The molecule has 0 aliphatic heterocycles. The molecule has 1 rings (SSSR count). The Hall–Kier alpha value is -0.960. The van der Waals surface area contributed by atoms with Crippen LogP contribution < -0.4 is 0 Å². The summed E-state index contributed by atoms with van der Waals surface area (Å²) in [5.41, 5.74) is 1.28. The Kier molecular flexibility index (Phi) is 5.93. The third-order valence-electron chi connectivity index (χ3n) is 2.03. The molecule has 0 saturated carbocycles. The number of carbonyl (C=O) groups is 1. The van der Waals surface area contributed by atoms with Crippen LogP contribution in [0.4, 0.5) is 0 Å². The fraction of sp³-hybridized carbons (Fsp3) is 0.417. The predicted octanol–water partition coefficient (Wildman–Crippen LogP) is 2.48. The first-order chi connectivity index (χ1) is 7.33. The maximum absolute atomic E-state index is 11.0. The van der Waals surface area contributed by atoms with E-state index in [2.05, 4.69) is 24.8 Å². The number of carbonyl (C=O) groups excluding carboxylic acids is 1. The van der Waals surface area contributed by atoms with Gasteiger partial charge in [0.1, 0.15) is 0 Å². The SMILES string of the molecule is O=C(CCS)OCCCc1ccccc1. The monoisotopic (exact) mass is 224 g/mol. The lowest BCUT2D eigenvalue weighted by Gasteiger charge is -2.03. The molecule has 0 spiro atoms. The van der Waals surface area contributed by atoms with Gasteiger partial charge in [0, 0.05) is 5.75 Å². The largest absolute Gasteiger partial charge is 0.466 e. The van der Waals surface area contributed by atoms with Crippen molar-refractivity contribution in [2.24, 2.45) is 0 Å². The highest BCUT2D eigenvalue weighted by Gasteiger charge is 2.00. The van der Waals surface area contributed by atoms with E-state index in [0.717, 1.165) is 12.8 Å². The molecule has 0 saturated heterocycles. The first-order valence-electron chi connectivity index (χ1n) is 5.13. The zero-order valence-electron chi connectivity index (χ0n) is 8.69. The highest BCUT2D eigenvalue weighted by atomic mass is 32.1. The molecular formula is C12H16O2S. The van der Waals surface area contributed by atoms with Crippen LogP contribution in [0.5, 0.6) is 0 Å². The third kappa shape index (κ3) is 5.47. The van der Waals surface area contributed by atoms with Gasteiger partial charge in [0.05, 0.1) is 13.0 Å². The van der Waals surface area contributed by atoms with E-state index in [4.69, 9.17) is 4.74 Å². The van der Waals surface area contributed by atoms with Crippen molar-refractivity contribution in [2.45, 2.75) is 19.3 Å². The fourth-order valence-electron chi connectivity index (χ4n) is 1.27. The lowest BCUT2D eigenvalue weighted by Crippen LogP contribution is -2.06. The smallest absolute Gasteiger partial charge is 0.306 e. The van der Waals surface area contributed by atoms with E-state index in [1.807, 2.05) is 18.2 Å². The average molecular weight is 224 g/mol. The van der Waals surface area contributed by atoms with Crippen LogP contribution in [0.3, 0.4) is 0 Å². The van der Waals surface area contributed by atoms with Crippen molar-refractivity contribution in [2.75, 3.05) is 12.4 Å². The quantitative estimate of drug-likeness (QED) is 0.456. The van der Waals surface area contributed by atoms with Gasteiger partial charge in [-0.2, -0.15) is 12.6 Å². The molecule has 2 nitrogen and oxygen atoms in total. The van der Waals surface area contributed by atoms with Crippen LogP contribution in [-0.4, -0.2) is 18.3 Å². The summed E-state index contributed by atoms with van der Waals surface area (Å²) in [6.45, 7) is 0.501. The Labute approximate surface area is 96.1 Å². The number of aryl methyl sites for hydroxylation is 1. The third-order valence-corrected chi connectivity index (χ3v) is 2.26. The van der Waals surface area contributed by atoms with E-state index in [-0.39, 0.29) is 5.97 Å². The molecule has 15 heavy (non-hydrogen) atoms. The second-order valence-corrected chi connectivity index (χ2v) is 3.73. The van der Waals surface area contributed by atoms with Gasteiger partial charge < -0.3 is 4.74 Å². The highest BCUT2D eigenvalue weighted by molar-refractivity contribution is 7.80. The number of thiol groups is 1. The van der Waals surface area contributed by atoms with E-state index < -0.39 is 0 Å². The molecule has 0 N–H and O–H groups in total. The summed E-state index contributed by atoms with van der Waals surface area (Å²) in [4.78, 5) is 11.0. The van der Waals surface area contributed by atoms with E-state index in [0.29, 0.717) is 18.8 Å². The Morgan fingerprint density at radius 1 is 1.27 bits per heavy atom. The molecule has 1 aromatic carbocycles. The molecule has 0 aliphatic carbocycles. The fourth-order valence-corrected chi connectivity index (χ4v) is 1.45. The molecule has 1 aromatic rings. The number of ether oxygens (including phenoxy) is 1.